The van der Waals surface area contributed by atoms with Crippen LogP contribution in [0.1, 0.15) is 12.1 Å². The normalized spacial score (nSPS) is 11.5. The number of aliphatic hydroxyl groups excluding tert-OH is 1. The van der Waals surface area contributed by atoms with E-state index in [1.165, 1.54) is 0 Å². The quantitative estimate of drug-likeness (QED) is 0.669. The molecular weight excluding hydrogens is 227 g/mol. The van der Waals surface area contributed by atoms with Gasteiger partial charge in [0.1, 0.15) is 0 Å². The summed E-state index contributed by atoms with van der Waals surface area (Å²) in [5, 5.41) is 10.9. The van der Waals surface area contributed by atoms with Crippen molar-refractivity contribution < 1.29 is 18.3 Å². The van der Waals surface area contributed by atoms with Crippen molar-refractivity contribution in [1.29, 1.82) is 0 Å². The predicted molar refractivity (Wildman–Crippen MR) is 50.1 cm³/mol. The highest BCUT2D eigenvalue weighted by molar-refractivity contribution is 5.25. The summed E-state index contributed by atoms with van der Waals surface area (Å²) >= 11 is 0. The van der Waals surface area contributed by atoms with Crippen LogP contribution in [-0.4, -0.2) is 28.2 Å². The Morgan fingerprint density at radius 1 is 1.50 bits per heavy atom. The van der Waals surface area contributed by atoms with Crippen molar-refractivity contribution in [3.05, 3.63) is 22.1 Å². The molecule has 0 spiro atoms. The lowest BCUT2D eigenvalue weighted by Gasteiger charge is -2.08. The molecule has 16 heavy (non-hydrogen) atoms. The summed E-state index contributed by atoms with van der Waals surface area (Å²) < 4.78 is 36.8. The van der Waals surface area contributed by atoms with Gasteiger partial charge in [0.25, 0.3) is 5.56 Å². The Labute approximate surface area is 88.3 Å². The second-order valence-corrected chi connectivity index (χ2v) is 2.98. The Kier molecular flexibility index (Phi) is 3.88. The molecule has 0 aromatic carbocycles. The van der Waals surface area contributed by atoms with Gasteiger partial charge >= 0.3 is 6.18 Å². The van der Waals surface area contributed by atoms with E-state index < -0.39 is 17.4 Å². The molecule has 0 fully saturated rings. The van der Waals surface area contributed by atoms with Crippen LogP contribution in [0.25, 0.3) is 0 Å². The van der Waals surface area contributed by atoms with E-state index in [9.17, 15) is 18.0 Å². The van der Waals surface area contributed by atoms with Crippen molar-refractivity contribution in [2.45, 2.75) is 12.6 Å². The van der Waals surface area contributed by atoms with E-state index >= 15 is 0 Å². The zero-order valence-corrected chi connectivity index (χ0v) is 8.14. The molecular formula is C8H10F3N3O2. The van der Waals surface area contributed by atoms with Crippen LogP contribution in [-0.2, 0) is 6.18 Å². The molecule has 0 unspecified atom stereocenters. The summed E-state index contributed by atoms with van der Waals surface area (Å²) in [6.07, 6.45) is -4.30. The Hall–Kier alpha value is -1.57. The zero-order chi connectivity index (χ0) is 12.2. The van der Waals surface area contributed by atoms with E-state index in [0.717, 1.165) is 0 Å². The highest BCUT2D eigenvalue weighted by Gasteiger charge is 2.33. The van der Waals surface area contributed by atoms with Crippen LogP contribution in [0.2, 0.25) is 0 Å². The molecule has 3 N–H and O–H groups in total. The predicted octanol–water partition coefficient (Wildman–Crippen LogP) is 0.583. The molecule has 0 saturated carbocycles. The van der Waals surface area contributed by atoms with Crippen LogP contribution in [0.4, 0.5) is 19.1 Å². The Bertz CT molecular complexity index is 402. The lowest BCUT2D eigenvalue weighted by Crippen LogP contribution is -2.19. The minimum atomic E-state index is -4.65. The Balaban J connectivity index is 2.86. The summed E-state index contributed by atoms with van der Waals surface area (Å²) in [6.45, 7) is 0.122. The van der Waals surface area contributed by atoms with Crippen LogP contribution in [0.3, 0.4) is 0 Å². The second-order valence-electron chi connectivity index (χ2n) is 2.98. The first-order chi connectivity index (χ1) is 7.43. The Morgan fingerprint density at radius 3 is 2.75 bits per heavy atom. The first-order valence-electron chi connectivity index (χ1n) is 4.47. The molecule has 0 aliphatic heterocycles. The third kappa shape index (κ3) is 3.54. The maximum atomic E-state index is 12.3. The van der Waals surface area contributed by atoms with E-state index in [1.807, 2.05) is 0 Å². The number of hydrogen-bond acceptors (Lipinski definition) is 4. The lowest BCUT2D eigenvalue weighted by molar-refractivity contribution is -0.141. The molecule has 0 bridgehead atoms. The van der Waals surface area contributed by atoms with E-state index in [0.29, 0.717) is 12.5 Å². The minimum absolute atomic E-state index is 0.101. The third-order valence-corrected chi connectivity index (χ3v) is 1.66. The molecule has 0 aliphatic carbocycles. The first kappa shape index (κ1) is 12.5. The molecule has 0 saturated heterocycles. The number of halogens is 3. The number of hydrogen-bond donors (Lipinski definition) is 3. The summed E-state index contributed by atoms with van der Waals surface area (Å²) in [7, 11) is 0. The summed E-state index contributed by atoms with van der Waals surface area (Å²) in [4.78, 5) is 16.2. The standard InChI is InChI=1S/C8H10F3N3O2/c9-8(10,11)5-4-6(16)14-7(13-5)12-2-1-3-15/h4,15H,1-3H2,(H2,12,13,14,16). The number of aromatic amines is 1. The van der Waals surface area contributed by atoms with E-state index in [1.54, 1.807) is 0 Å². The molecule has 0 aliphatic rings. The number of rotatable bonds is 4. The number of alkyl halides is 3. The van der Waals surface area contributed by atoms with Crippen LogP contribution < -0.4 is 10.9 Å². The number of nitrogens with one attached hydrogen (secondary N) is 2. The van der Waals surface area contributed by atoms with Crippen molar-refractivity contribution in [3.63, 3.8) is 0 Å². The number of aliphatic hydroxyl groups is 1. The van der Waals surface area contributed by atoms with Gasteiger partial charge in [0, 0.05) is 19.2 Å². The minimum Gasteiger partial charge on any atom is -0.396 e. The summed E-state index contributed by atoms with van der Waals surface area (Å²) in [5.74, 6) is -0.256. The fourth-order valence-electron chi connectivity index (χ4n) is 0.972. The van der Waals surface area contributed by atoms with Crippen molar-refractivity contribution >= 4 is 5.95 Å². The molecule has 0 amide bonds. The molecule has 90 valence electrons. The van der Waals surface area contributed by atoms with Gasteiger partial charge in [-0.15, -0.1) is 0 Å². The van der Waals surface area contributed by atoms with Gasteiger partial charge in [-0.25, -0.2) is 4.98 Å². The maximum absolute atomic E-state index is 12.3. The SMILES string of the molecule is O=c1cc(C(F)(F)F)nc(NCCCO)[nH]1. The van der Waals surface area contributed by atoms with Gasteiger partial charge in [-0.05, 0) is 6.42 Å². The number of nitrogens with zero attached hydrogens (tertiary/aromatic N) is 1. The number of H-pyrrole nitrogens is 1. The summed E-state index contributed by atoms with van der Waals surface area (Å²) in [6, 6.07) is 0.386. The molecule has 0 atom stereocenters. The van der Waals surface area contributed by atoms with Gasteiger partial charge in [0.2, 0.25) is 5.95 Å². The van der Waals surface area contributed by atoms with Gasteiger partial charge in [-0.2, -0.15) is 13.2 Å². The van der Waals surface area contributed by atoms with Crippen LogP contribution >= 0.6 is 0 Å². The zero-order valence-electron chi connectivity index (χ0n) is 8.14. The molecule has 1 rings (SSSR count). The molecule has 1 aromatic heterocycles. The molecule has 1 aromatic rings. The lowest BCUT2D eigenvalue weighted by atomic mass is 10.4. The van der Waals surface area contributed by atoms with Gasteiger partial charge in [0.15, 0.2) is 5.69 Å². The van der Waals surface area contributed by atoms with Crippen LogP contribution in [0.5, 0.6) is 0 Å². The third-order valence-electron chi connectivity index (χ3n) is 1.66. The molecule has 8 heteroatoms. The van der Waals surface area contributed by atoms with E-state index in [2.05, 4.69) is 15.3 Å². The highest BCUT2D eigenvalue weighted by atomic mass is 19.4. The van der Waals surface area contributed by atoms with Gasteiger partial charge in [-0.3, -0.25) is 9.78 Å². The average molecular weight is 237 g/mol. The highest BCUT2D eigenvalue weighted by Crippen LogP contribution is 2.26. The van der Waals surface area contributed by atoms with Crippen molar-refractivity contribution in [3.8, 4) is 0 Å². The average Bonchev–Trinajstić information content (AvgIpc) is 2.16. The molecule has 5 nitrogen and oxygen atoms in total. The van der Waals surface area contributed by atoms with Gasteiger partial charge in [0.05, 0.1) is 0 Å². The van der Waals surface area contributed by atoms with Crippen molar-refractivity contribution in [2.75, 3.05) is 18.5 Å². The summed E-state index contributed by atoms with van der Waals surface area (Å²) in [5.41, 5.74) is -2.13. The largest absolute Gasteiger partial charge is 0.433 e. The molecule has 0 radical (unpaired) electrons. The van der Waals surface area contributed by atoms with Gasteiger partial charge < -0.3 is 10.4 Å². The molecule has 1 heterocycles. The monoisotopic (exact) mass is 237 g/mol. The van der Waals surface area contributed by atoms with Crippen LogP contribution in [0.15, 0.2) is 10.9 Å². The first-order valence-corrected chi connectivity index (χ1v) is 4.47. The topological polar surface area (TPSA) is 78.0 Å². The fourth-order valence-corrected chi connectivity index (χ4v) is 0.972. The van der Waals surface area contributed by atoms with Crippen LogP contribution in [0, 0.1) is 0 Å². The number of aromatic nitrogens is 2. The number of anilines is 1. The van der Waals surface area contributed by atoms with Crippen molar-refractivity contribution in [2.24, 2.45) is 0 Å². The Morgan fingerprint density at radius 2 is 2.19 bits per heavy atom. The maximum Gasteiger partial charge on any atom is 0.433 e. The van der Waals surface area contributed by atoms with Gasteiger partial charge in [-0.1, -0.05) is 0 Å². The fraction of sp³-hybridized carbons (Fsp3) is 0.500. The van der Waals surface area contributed by atoms with E-state index in [4.69, 9.17) is 5.11 Å². The van der Waals surface area contributed by atoms with Crippen molar-refractivity contribution in [1.82, 2.24) is 9.97 Å². The smallest absolute Gasteiger partial charge is 0.396 e. The van der Waals surface area contributed by atoms with E-state index in [-0.39, 0.29) is 19.1 Å². The second kappa shape index (κ2) is 4.97.